The Balaban J connectivity index is 0.00000167. The van der Waals surface area contributed by atoms with Gasteiger partial charge in [0.15, 0.2) is 5.79 Å². The van der Waals surface area contributed by atoms with Crippen LogP contribution >= 0.6 is 27.3 Å². The molecule has 35 heavy (non-hydrogen) atoms. The molecular formula is C24H27BrN4O5S. The van der Waals surface area contributed by atoms with Crippen molar-refractivity contribution in [1.82, 2.24) is 15.5 Å². The Hall–Kier alpha value is -2.78. The number of amides is 3. The summed E-state index contributed by atoms with van der Waals surface area (Å²) in [5.41, 5.74) is 0.962. The van der Waals surface area contributed by atoms with Crippen LogP contribution in [0.25, 0.3) is 0 Å². The van der Waals surface area contributed by atoms with E-state index in [-0.39, 0.29) is 37.9 Å². The average Bonchev–Trinajstić information content (AvgIpc) is 3.63. The maximum Gasteiger partial charge on any atom is 0.251 e. The first-order valence-electron chi connectivity index (χ1n) is 11.3. The highest BCUT2D eigenvalue weighted by molar-refractivity contribution is 9.10. The number of likely N-dealkylation sites (tertiary alicyclic amines) is 1. The molecule has 1 spiro atoms. The number of nitriles is 1. The van der Waals surface area contributed by atoms with Crippen LogP contribution in [0.5, 0.6) is 0 Å². The van der Waals surface area contributed by atoms with Crippen LogP contribution in [0, 0.1) is 11.3 Å². The first-order chi connectivity index (χ1) is 16.9. The van der Waals surface area contributed by atoms with Crippen molar-refractivity contribution in [3.8, 4) is 6.07 Å². The number of benzene rings is 1. The van der Waals surface area contributed by atoms with E-state index in [1.165, 1.54) is 16.2 Å². The lowest BCUT2D eigenvalue weighted by atomic mass is 10.1. The van der Waals surface area contributed by atoms with E-state index >= 15 is 0 Å². The van der Waals surface area contributed by atoms with Gasteiger partial charge < -0.3 is 25.0 Å². The van der Waals surface area contributed by atoms with Gasteiger partial charge in [-0.3, -0.25) is 14.4 Å². The lowest BCUT2D eigenvalue weighted by molar-refractivity contribution is -0.152. The van der Waals surface area contributed by atoms with Crippen LogP contribution < -0.4 is 10.6 Å². The van der Waals surface area contributed by atoms with Crippen LogP contribution in [0.3, 0.4) is 0 Å². The highest BCUT2D eigenvalue weighted by Crippen LogP contribution is 2.35. The van der Waals surface area contributed by atoms with Crippen LogP contribution in [0.15, 0.2) is 40.2 Å². The number of hydrogen-bond acceptors (Lipinski definition) is 7. The molecule has 2 aromatic rings. The first-order valence-corrected chi connectivity index (χ1v) is 12.9. The van der Waals surface area contributed by atoms with Gasteiger partial charge in [0.25, 0.3) is 5.91 Å². The normalized spacial score (nSPS) is 17.9. The van der Waals surface area contributed by atoms with Gasteiger partial charge in [-0.1, -0.05) is 29.8 Å². The van der Waals surface area contributed by atoms with Crippen LogP contribution in [-0.2, 0) is 25.6 Å². The summed E-state index contributed by atoms with van der Waals surface area (Å²) >= 11 is 4.69. The maximum atomic E-state index is 13.0. The van der Waals surface area contributed by atoms with Crippen LogP contribution in [0.4, 0.5) is 0 Å². The monoisotopic (exact) mass is 562 g/mol. The molecule has 3 heterocycles. The zero-order valence-electron chi connectivity index (χ0n) is 19.5. The van der Waals surface area contributed by atoms with E-state index in [1.807, 2.05) is 13.8 Å². The Labute approximate surface area is 216 Å². The van der Waals surface area contributed by atoms with E-state index in [4.69, 9.17) is 14.7 Å². The fourth-order valence-electron chi connectivity index (χ4n) is 3.83. The van der Waals surface area contributed by atoms with E-state index in [0.717, 1.165) is 9.35 Å². The number of nitrogens with one attached hydrogen (secondary N) is 2. The van der Waals surface area contributed by atoms with E-state index in [0.29, 0.717) is 24.3 Å². The number of thiophene rings is 1. The van der Waals surface area contributed by atoms with Gasteiger partial charge in [0.1, 0.15) is 12.1 Å². The number of carbonyl (C=O) groups excluding carboxylic acids is 3. The first kappa shape index (κ1) is 26.8. The molecule has 2 N–H and O–H groups in total. The highest BCUT2D eigenvalue weighted by Gasteiger charge is 2.52. The number of halogens is 1. The van der Waals surface area contributed by atoms with Crippen molar-refractivity contribution in [2.45, 2.75) is 38.6 Å². The van der Waals surface area contributed by atoms with Crippen molar-refractivity contribution in [1.29, 1.82) is 5.26 Å². The molecule has 1 atom stereocenters. The molecule has 2 saturated heterocycles. The summed E-state index contributed by atoms with van der Waals surface area (Å²) in [5, 5.41) is 16.1. The molecule has 1 aromatic heterocycles. The Kier molecular flexibility index (Phi) is 9.40. The predicted molar refractivity (Wildman–Crippen MR) is 133 cm³/mol. The molecule has 11 heteroatoms. The second-order valence-corrected chi connectivity index (χ2v) is 9.58. The van der Waals surface area contributed by atoms with Crippen molar-refractivity contribution >= 4 is 45.0 Å². The standard InChI is InChI=1S/C22H21BrN4O5S.C2H6/c23-16-3-1-15(2-4-16)20(29)26-11-19(28)27-13-22(31-5-6-32-22)8-18(27)21(30)25-10-17-7-14(9-24)12-33-17;1-2/h1-4,7,12,18H,5-6,8,10-11,13H2,(H,25,30)(H,26,29);1-2H3. The minimum atomic E-state index is -1.01. The fraction of sp³-hybridized carbons (Fsp3) is 0.417. The predicted octanol–water partition coefficient (Wildman–Crippen LogP) is 2.80. The number of rotatable bonds is 6. The van der Waals surface area contributed by atoms with Gasteiger partial charge in [0.2, 0.25) is 11.8 Å². The third-order valence-corrected chi connectivity index (χ3v) is 6.92. The molecule has 9 nitrogen and oxygen atoms in total. The number of carbonyl (C=O) groups is 3. The summed E-state index contributed by atoms with van der Waals surface area (Å²) in [6.07, 6.45) is 0.207. The summed E-state index contributed by atoms with van der Waals surface area (Å²) in [7, 11) is 0. The largest absolute Gasteiger partial charge is 0.349 e. The molecule has 2 fully saturated rings. The number of ether oxygens (including phenoxy) is 2. The van der Waals surface area contributed by atoms with Crippen LogP contribution in [-0.4, -0.2) is 60.8 Å². The van der Waals surface area contributed by atoms with Crippen LogP contribution in [0.1, 0.15) is 41.1 Å². The van der Waals surface area contributed by atoms with Crippen molar-refractivity contribution in [3.05, 3.63) is 56.2 Å². The molecule has 3 amide bonds. The molecule has 186 valence electrons. The summed E-state index contributed by atoms with van der Waals surface area (Å²) in [5.74, 6) is -2.14. The zero-order chi connectivity index (χ0) is 25.4. The molecular weight excluding hydrogens is 536 g/mol. The molecule has 0 aliphatic carbocycles. The summed E-state index contributed by atoms with van der Waals surface area (Å²) in [4.78, 5) is 40.6. The van der Waals surface area contributed by atoms with Gasteiger partial charge in [-0.05, 0) is 30.3 Å². The molecule has 4 rings (SSSR count). The summed E-state index contributed by atoms with van der Waals surface area (Å²) in [6.45, 7) is 4.88. The van der Waals surface area contributed by atoms with Crippen molar-refractivity contribution < 1.29 is 23.9 Å². The Morgan fingerprint density at radius 3 is 2.51 bits per heavy atom. The topological polar surface area (TPSA) is 121 Å². The molecule has 1 aromatic carbocycles. The van der Waals surface area contributed by atoms with E-state index in [2.05, 4.69) is 32.6 Å². The van der Waals surface area contributed by atoms with E-state index in [9.17, 15) is 14.4 Å². The van der Waals surface area contributed by atoms with Gasteiger partial charge >= 0.3 is 0 Å². The molecule has 0 saturated carbocycles. The lowest BCUT2D eigenvalue weighted by Crippen LogP contribution is -2.49. The minimum absolute atomic E-state index is 0.107. The number of hydrogen-bond donors (Lipinski definition) is 2. The van der Waals surface area contributed by atoms with Crippen molar-refractivity contribution in [3.63, 3.8) is 0 Å². The fourth-order valence-corrected chi connectivity index (χ4v) is 4.84. The number of nitrogens with zero attached hydrogens (tertiary/aromatic N) is 2. The minimum Gasteiger partial charge on any atom is -0.349 e. The maximum absolute atomic E-state index is 13.0. The molecule has 0 bridgehead atoms. The van der Waals surface area contributed by atoms with Gasteiger partial charge in [0, 0.05) is 26.7 Å². The van der Waals surface area contributed by atoms with Gasteiger partial charge in [0.05, 0.1) is 38.4 Å². The quantitative estimate of drug-likeness (QED) is 0.558. The molecule has 1 unspecified atom stereocenters. The summed E-state index contributed by atoms with van der Waals surface area (Å²) < 4.78 is 12.3. The van der Waals surface area contributed by atoms with Crippen molar-refractivity contribution in [2.24, 2.45) is 0 Å². The average molecular weight is 563 g/mol. The Morgan fingerprint density at radius 1 is 1.20 bits per heavy atom. The molecule has 2 aliphatic rings. The second-order valence-electron chi connectivity index (χ2n) is 7.67. The highest BCUT2D eigenvalue weighted by atomic mass is 79.9. The smallest absolute Gasteiger partial charge is 0.251 e. The van der Waals surface area contributed by atoms with E-state index < -0.39 is 17.7 Å². The zero-order valence-corrected chi connectivity index (χ0v) is 21.9. The second kappa shape index (κ2) is 12.3. The van der Waals surface area contributed by atoms with Gasteiger partial charge in [-0.15, -0.1) is 11.3 Å². The Morgan fingerprint density at radius 2 is 1.89 bits per heavy atom. The summed E-state index contributed by atoms with van der Waals surface area (Å²) in [6, 6.07) is 9.75. The van der Waals surface area contributed by atoms with E-state index in [1.54, 1.807) is 35.7 Å². The molecule has 0 radical (unpaired) electrons. The third-order valence-electron chi connectivity index (χ3n) is 5.45. The van der Waals surface area contributed by atoms with Crippen LogP contribution in [0.2, 0.25) is 0 Å². The van der Waals surface area contributed by atoms with Gasteiger partial charge in [-0.25, -0.2) is 0 Å². The van der Waals surface area contributed by atoms with Gasteiger partial charge in [-0.2, -0.15) is 5.26 Å². The van der Waals surface area contributed by atoms with Crippen molar-refractivity contribution in [2.75, 3.05) is 26.3 Å². The third kappa shape index (κ3) is 6.67. The Bertz CT molecular complexity index is 1090. The SMILES string of the molecule is CC.N#Cc1csc(CNC(=O)C2CC3(CN2C(=O)CNC(=O)c2ccc(Br)cc2)OCCO3)c1. The molecule has 2 aliphatic heterocycles. The lowest BCUT2D eigenvalue weighted by Gasteiger charge is -2.24.